The smallest absolute Gasteiger partial charge is 0.169 e. The second-order valence-corrected chi connectivity index (χ2v) is 4.90. The molecular weight excluding hydrogens is 272 g/mol. The highest BCUT2D eigenvalue weighted by atomic mass is 32.1. The summed E-state index contributed by atoms with van der Waals surface area (Å²) in [7, 11) is 0. The van der Waals surface area contributed by atoms with E-state index < -0.39 is 0 Å². The van der Waals surface area contributed by atoms with Gasteiger partial charge in [-0.1, -0.05) is 18.2 Å². The summed E-state index contributed by atoms with van der Waals surface area (Å²) in [6, 6.07) is 7.72. The lowest BCUT2D eigenvalue weighted by Crippen LogP contribution is -2.47. The molecule has 0 amide bonds. The van der Waals surface area contributed by atoms with E-state index in [1.807, 2.05) is 24.3 Å². The van der Waals surface area contributed by atoms with Gasteiger partial charge >= 0.3 is 0 Å². The highest BCUT2D eigenvalue weighted by molar-refractivity contribution is 7.80. The van der Waals surface area contributed by atoms with Crippen LogP contribution in [0.2, 0.25) is 0 Å². The molecule has 0 aromatic heterocycles. The molecule has 1 atom stereocenters. The Hall–Kier alpha value is -1.75. The van der Waals surface area contributed by atoms with Crippen molar-refractivity contribution in [3.8, 4) is 11.5 Å². The van der Waals surface area contributed by atoms with Gasteiger partial charge in [0.25, 0.3) is 0 Å². The first kappa shape index (κ1) is 14.7. The predicted molar refractivity (Wildman–Crippen MR) is 84.4 cm³/mol. The molecule has 2 rings (SSSR count). The maximum Gasteiger partial charge on any atom is 0.169 e. The third-order valence-electron chi connectivity index (χ3n) is 3.06. The fraction of sp³-hybridized carbons (Fsp3) is 0.400. The zero-order valence-corrected chi connectivity index (χ0v) is 12.5. The van der Waals surface area contributed by atoms with Gasteiger partial charge in [0.15, 0.2) is 22.7 Å². The van der Waals surface area contributed by atoms with Crippen LogP contribution in [0.3, 0.4) is 0 Å². The number of para-hydroxylation sites is 2. The van der Waals surface area contributed by atoms with Crippen molar-refractivity contribution in [1.29, 1.82) is 0 Å². The quantitative estimate of drug-likeness (QED) is 0.665. The van der Waals surface area contributed by atoms with Gasteiger partial charge in [-0.3, -0.25) is 0 Å². The number of fused-ring (bicyclic) bond motifs is 1. The van der Waals surface area contributed by atoms with Crippen LogP contribution in [0, 0.1) is 0 Å². The Labute approximate surface area is 125 Å². The molecular formula is C15H20N2O2S. The number of benzene rings is 1. The Balaban J connectivity index is 1.93. The number of ether oxygens (including phenoxy) is 2. The Morgan fingerprint density at radius 3 is 2.95 bits per heavy atom. The number of likely N-dealkylation sites (N-methyl/N-ethyl adjacent to an activating group) is 1. The van der Waals surface area contributed by atoms with Crippen molar-refractivity contribution in [3.63, 3.8) is 0 Å². The molecule has 0 fully saturated rings. The van der Waals surface area contributed by atoms with Gasteiger partial charge in [-0.2, -0.15) is 0 Å². The SMILES string of the molecule is C=CCNC(=S)N(CC)C[C@@H]1COc2ccccc2O1. The predicted octanol–water partition coefficient (Wildman–Crippen LogP) is 2.21. The van der Waals surface area contributed by atoms with Crippen LogP contribution in [-0.2, 0) is 0 Å². The summed E-state index contributed by atoms with van der Waals surface area (Å²) >= 11 is 5.36. The largest absolute Gasteiger partial charge is 0.486 e. The van der Waals surface area contributed by atoms with Crippen LogP contribution in [0.1, 0.15) is 6.92 Å². The van der Waals surface area contributed by atoms with E-state index in [1.165, 1.54) is 0 Å². The Morgan fingerprint density at radius 1 is 1.50 bits per heavy atom. The standard InChI is InChI=1S/C15H20N2O2S/c1-3-9-16-15(20)17(4-2)10-12-11-18-13-7-5-6-8-14(13)19-12/h3,5-8,12H,1,4,9-11H2,2H3,(H,16,20)/t12-/m1/s1. The van der Waals surface area contributed by atoms with Crippen molar-refractivity contribution in [2.24, 2.45) is 0 Å². The van der Waals surface area contributed by atoms with E-state index in [-0.39, 0.29) is 6.10 Å². The van der Waals surface area contributed by atoms with Crippen molar-refractivity contribution >= 4 is 17.3 Å². The van der Waals surface area contributed by atoms with E-state index in [4.69, 9.17) is 21.7 Å². The molecule has 0 aliphatic carbocycles. The normalized spacial score (nSPS) is 16.4. The van der Waals surface area contributed by atoms with E-state index in [0.29, 0.717) is 19.7 Å². The summed E-state index contributed by atoms with van der Waals surface area (Å²) in [5.41, 5.74) is 0. The topological polar surface area (TPSA) is 33.7 Å². The van der Waals surface area contributed by atoms with Crippen LogP contribution in [0.4, 0.5) is 0 Å². The number of nitrogens with zero attached hydrogens (tertiary/aromatic N) is 1. The highest BCUT2D eigenvalue weighted by Gasteiger charge is 2.23. The van der Waals surface area contributed by atoms with E-state index in [1.54, 1.807) is 6.08 Å². The summed E-state index contributed by atoms with van der Waals surface area (Å²) in [5, 5.41) is 3.85. The first-order valence-corrected chi connectivity index (χ1v) is 7.17. The molecule has 1 aliphatic heterocycles. The van der Waals surface area contributed by atoms with Gasteiger partial charge in [0.1, 0.15) is 6.61 Å². The van der Waals surface area contributed by atoms with Crippen LogP contribution in [0.25, 0.3) is 0 Å². The van der Waals surface area contributed by atoms with Crippen molar-refractivity contribution in [1.82, 2.24) is 10.2 Å². The van der Waals surface area contributed by atoms with Crippen LogP contribution in [-0.4, -0.2) is 42.4 Å². The van der Waals surface area contributed by atoms with Crippen LogP contribution >= 0.6 is 12.2 Å². The molecule has 5 heteroatoms. The van der Waals surface area contributed by atoms with Crippen LogP contribution < -0.4 is 14.8 Å². The van der Waals surface area contributed by atoms with E-state index in [0.717, 1.165) is 23.2 Å². The Bertz CT molecular complexity index is 479. The first-order chi connectivity index (χ1) is 9.74. The molecule has 1 N–H and O–H groups in total. The number of hydrogen-bond acceptors (Lipinski definition) is 3. The molecule has 1 aliphatic rings. The lowest BCUT2D eigenvalue weighted by Gasteiger charge is -2.32. The van der Waals surface area contributed by atoms with Crippen molar-refractivity contribution in [2.45, 2.75) is 13.0 Å². The molecule has 1 aromatic rings. The number of rotatable bonds is 5. The van der Waals surface area contributed by atoms with E-state index in [9.17, 15) is 0 Å². The minimum atomic E-state index is -0.0201. The Morgan fingerprint density at radius 2 is 2.25 bits per heavy atom. The van der Waals surface area contributed by atoms with Crippen LogP contribution in [0.15, 0.2) is 36.9 Å². The summed E-state index contributed by atoms with van der Waals surface area (Å²) in [4.78, 5) is 2.07. The maximum absolute atomic E-state index is 5.94. The molecule has 0 unspecified atom stereocenters. The lowest BCUT2D eigenvalue weighted by atomic mass is 10.2. The Kier molecular flexibility index (Phi) is 5.24. The minimum Gasteiger partial charge on any atom is -0.486 e. The van der Waals surface area contributed by atoms with Crippen molar-refractivity contribution < 1.29 is 9.47 Å². The fourth-order valence-corrected chi connectivity index (χ4v) is 2.31. The average molecular weight is 292 g/mol. The summed E-state index contributed by atoms with van der Waals surface area (Å²) < 4.78 is 11.7. The number of thiocarbonyl (C=S) groups is 1. The van der Waals surface area contributed by atoms with Crippen molar-refractivity contribution in [3.05, 3.63) is 36.9 Å². The lowest BCUT2D eigenvalue weighted by molar-refractivity contribution is 0.0749. The monoisotopic (exact) mass is 292 g/mol. The van der Waals surface area contributed by atoms with Gasteiger partial charge in [0.2, 0.25) is 0 Å². The molecule has 4 nitrogen and oxygen atoms in total. The zero-order chi connectivity index (χ0) is 14.4. The molecule has 0 saturated carbocycles. The maximum atomic E-state index is 5.94. The zero-order valence-electron chi connectivity index (χ0n) is 11.7. The van der Waals surface area contributed by atoms with E-state index >= 15 is 0 Å². The minimum absolute atomic E-state index is 0.0201. The third kappa shape index (κ3) is 3.63. The second-order valence-electron chi connectivity index (χ2n) is 4.51. The molecule has 0 saturated heterocycles. The number of hydrogen-bond donors (Lipinski definition) is 1. The van der Waals surface area contributed by atoms with Gasteiger partial charge in [0, 0.05) is 13.1 Å². The average Bonchev–Trinajstić information content (AvgIpc) is 2.50. The van der Waals surface area contributed by atoms with E-state index in [2.05, 4.69) is 23.7 Å². The van der Waals surface area contributed by atoms with Crippen molar-refractivity contribution in [2.75, 3.05) is 26.2 Å². The van der Waals surface area contributed by atoms with Gasteiger partial charge in [-0.25, -0.2) is 0 Å². The van der Waals surface area contributed by atoms with Gasteiger partial charge in [-0.15, -0.1) is 6.58 Å². The van der Waals surface area contributed by atoms with Crippen LogP contribution in [0.5, 0.6) is 11.5 Å². The fourth-order valence-electron chi connectivity index (χ4n) is 2.03. The molecule has 20 heavy (non-hydrogen) atoms. The number of nitrogens with one attached hydrogen (secondary N) is 1. The second kappa shape index (κ2) is 7.14. The molecule has 1 aromatic carbocycles. The summed E-state index contributed by atoms with van der Waals surface area (Å²) in [6.07, 6.45) is 1.77. The molecule has 1 heterocycles. The molecule has 0 spiro atoms. The molecule has 108 valence electrons. The molecule has 0 bridgehead atoms. The van der Waals surface area contributed by atoms with Gasteiger partial charge < -0.3 is 19.7 Å². The van der Waals surface area contributed by atoms with Gasteiger partial charge in [-0.05, 0) is 31.3 Å². The van der Waals surface area contributed by atoms with Gasteiger partial charge in [0.05, 0.1) is 6.54 Å². The molecule has 0 radical (unpaired) electrons. The highest BCUT2D eigenvalue weighted by Crippen LogP contribution is 2.30. The first-order valence-electron chi connectivity index (χ1n) is 6.76. The summed E-state index contributed by atoms with van der Waals surface area (Å²) in [5.74, 6) is 1.60. The summed E-state index contributed by atoms with van der Waals surface area (Å²) in [6.45, 7) is 8.47. The third-order valence-corrected chi connectivity index (χ3v) is 3.46.